The maximum Gasteiger partial charge on any atom is 0.390 e. The van der Waals surface area contributed by atoms with E-state index in [1.165, 1.54) is 6.92 Å². The highest BCUT2D eigenvalue weighted by atomic mass is 32.1. The molecule has 1 unspecified atom stereocenters. The lowest BCUT2D eigenvalue weighted by Crippen LogP contribution is -2.44. The Balaban J connectivity index is 1.55. The molecule has 0 radical (unpaired) electrons. The molecule has 0 bridgehead atoms. The molecule has 12 heteroatoms. The van der Waals surface area contributed by atoms with E-state index in [-0.39, 0.29) is 50.4 Å². The summed E-state index contributed by atoms with van der Waals surface area (Å²) in [6.45, 7) is 5.15. The smallest absolute Gasteiger partial charge is 0.390 e. The molecule has 3 heterocycles. The van der Waals surface area contributed by atoms with Crippen molar-refractivity contribution < 1.29 is 27.5 Å². The predicted molar refractivity (Wildman–Crippen MR) is 149 cm³/mol. The second kappa shape index (κ2) is 10.6. The van der Waals surface area contributed by atoms with Crippen LogP contribution in [0.2, 0.25) is 0 Å². The second-order valence-corrected chi connectivity index (χ2v) is 12.7. The van der Waals surface area contributed by atoms with Crippen LogP contribution < -0.4 is 11.2 Å². The third kappa shape index (κ3) is 5.54. The van der Waals surface area contributed by atoms with E-state index in [1.807, 2.05) is 18.2 Å². The molecule has 0 aromatic carbocycles. The first-order chi connectivity index (χ1) is 19.3. The molecule has 0 spiro atoms. The number of aryl methyl sites for hydroxylation is 2. The van der Waals surface area contributed by atoms with Gasteiger partial charge in [0.2, 0.25) is 0 Å². The van der Waals surface area contributed by atoms with E-state index in [2.05, 4.69) is 13.0 Å². The molecule has 1 aliphatic heterocycles. The SMILES string of the molecule is CC(=O)OC1CCN(C(=O)c2sc3c(c2C)c(=O)n(CC2(C4(C)C=CC=CC4)CC2)c(=O)n3CCC(F)(F)F)CC1. The van der Waals surface area contributed by atoms with Gasteiger partial charge in [-0.2, -0.15) is 13.2 Å². The van der Waals surface area contributed by atoms with Gasteiger partial charge in [-0.15, -0.1) is 11.3 Å². The van der Waals surface area contributed by atoms with Gasteiger partial charge in [0.1, 0.15) is 10.9 Å². The monoisotopic (exact) mass is 593 g/mol. The molecule has 41 heavy (non-hydrogen) atoms. The van der Waals surface area contributed by atoms with E-state index in [1.54, 1.807) is 11.8 Å². The van der Waals surface area contributed by atoms with Crippen molar-refractivity contribution >= 4 is 33.4 Å². The van der Waals surface area contributed by atoms with Crippen molar-refractivity contribution in [2.24, 2.45) is 10.8 Å². The van der Waals surface area contributed by atoms with Gasteiger partial charge in [0.25, 0.3) is 11.5 Å². The molecular weight excluding hydrogens is 559 g/mol. The zero-order chi connectivity index (χ0) is 29.7. The maximum absolute atomic E-state index is 13.9. The van der Waals surface area contributed by atoms with Crippen LogP contribution in [-0.2, 0) is 22.6 Å². The number of fused-ring (bicyclic) bond motifs is 1. The Morgan fingerprint density at radius 3 is 2.37 bits per heavy atom. The van der Waals surface area contributed by atoms with Gasteiger partial charge in [-0.1, -0.05) is 31.2 Å². The highest BCUT2D eigenvalue weighted by Gasteiger charge is 2.55. The number of alkyl halides is 3. The second-order valence-electron chi connectivity index (χ2n) is 11.7. The highest BCUT2D eigenvalue weighted by molar-refractivity contribution is 7.20. The number of allylic oxidation sites excluding steroid dienone is 4. The van der Waals surface area contributed by atoms with Gasteiger partial charge in [0, 0.05) is 45.9 Å². The lowest BCUT2D eigenvalue weighted by Gasteiger charge is -2.36. The Morgan fingerprint density at radius 1 is 1.12 bits per heavy atom. The average molecular weight is 594 g/mol. The molecule has 5 rings (SSSR count). The van der Waals surface area contributed by atoms with Crippen LogP contribution in [0.5, 0.6) is 0 Å². The first-order valence-electron chi connectivity index (χ1n) is 13.9. The minimum absolute atomic E-state index is 0.0905. The number of amides is 1. The largest absolute Gasteiger partial charge is 0.462 e. The van der Waals surface area contributed by atoms with Crippen molar-refractivity contribution in [1.82, 2.24) is 14.0 Å². The minimum Gasteiger partial charge on any atom is -0.462 e. The van der Waals surface area contributed by atoms with Crippen LogP contribution in [0.1, 0.15) is 67.6 Å². The number of ether oxygens (including phenoxy) is 1. The van der Waals surface area contributed by atoms with Gasteiger partial charge in [0.15, 0.2) is 0 Å². The molecule has 2 fully saturated rings. The first kappa shape index (κ1) is 29.3. The molecule has 3 aliphatic rings. The van der Waals surface area contributed by atoms with Gasteiger partial charge in [-0.25, -0.2) is 4.79 Å². The fourth-order valence-electron chi connectivity index (χ4n) is 6.21. The Labute approximate surface area is 239 Å². The standard InChI is InChI=1S/C29H34F3N3O5S/c1-18-21-23(37)35(17-28(11-12-28)27(3)9-5-4-6-10-27)26(39)34(16-13-29(30,31)32)25(21)41-22(18)24(38)33-14-7-20(8-15-33)40-19(2)36/h4-6,9,20H,7-8,10-17H2,1-3H3. The van der Waals surface area contributed by atoms with Gasteiger partial charge in [-0.3, -0.25) is 23.5 Å². The number of nitrogens with zero attached hydrogens (tertiary/aromatic N) is 3. The van der Waals surface area contributed by atoms with E-state index in [0.717, 1.165) is 39.7 Å². The van der Waals surface area contributed by atoms with Crippen LogP contribution in [0.3, 0.4) is 0 Å². The Bertz CT molecular complexity index is 1550. The number of hydrogen-bond donors (Lipinski definition) is 0. The third-order valence-corrected chi connectivity index (χ3v) is 10.3. The molecular formula is C29H34F3N3O5S. The van der Waals surface area contributed by atoms with Crippen LogP contribution >= 0.6 is 11.3 Å². The Morgan fingerprint density at radius 2 is 1.80 bits per heavy atom. The normalized spacial score (nSPS) is 22.3. The van der Waals surface area contributed by atoms with Gasteiger partial charge in [-0.05, 0) is 42.6 Å². The van der Waals surface area contributed by atoms with E-state index in [4.69, 9.17) is 4.74 Å². The van der Waals surface area contributed by atoms with Crippen LogP contribution in [-0.4, -0.2) is 51.3 Å². The van der Waals surface area contributed by atoms with Crippen LogP contribution in [0.15, 0.2) is 33.9 Å². The fourth-order valence-corrected chi connectivity index (χ4v) is 7.50. The van der Waals surface area contributed by atoms with Crippen LogP contribution in [0.25, 0.3) is 10.2 Å². The number of carbonyl (C=O) groups excluding carboxylic acids is 2. The van der Waals surface area contributed by atoms with Gasteiger partial charge < -0.3 is 9.64 Å². The number of aromatic nitrogens is 2. The molecule has 2 aliphatic carbocycles. The van der Waals surface area contributed by atoms with Gasteiger partial charge >= 0.3 is 17.8 Å². The summed E-state index contributed by atoms with van der Waals surface area (Å²) in [5, 5.41) is 0.120. The molecule has 1 amide bonds. The minimum atomic E-state index is -4.51. The number of thiophene rings is 1. The molecule has 1 saturated carbocycles. The van der Waals surface area contributed by atoms with Crippen LogP contribution in [0.4, 0.5) is 13.2 Å². The summed E-state index contributed by atoms with van der Waals surface area (Å²) < 4.78 is 47.3. The summed E-state index contributed by atoms with van der Waals surface area (Å²) in [5.41, 5.74) is -1.63. The number of carbonyl (C=O) groups is 2. The Kier molecular flexibility index (Phi) is 7.59. The topological polar surface area (TPSA) is 90.6 Å². The Hall–Kier alpha value is -3.15. The molecule has 1 saturated heterocycles. The molecule has 2 aromatic heterocycles. The first-order valence-corrected chi connectivity index (χ1v) is 14.7. The zero-order valence-electron chi connectivity index (χ0n) is 23.4. The van der Waals surface area contributed by atoms with Crippen molar-refractivity contribution in [2.75, 3.05) is 13.1 Å². The zero-order valence-corrected chi connectivity index (χ0v) is 24.2. The average Bonchev–Trinajstić information content (AvgIpc) is 3.63. The van der Waals surface area contributed by atoms with E-state index in [0.29, 0.717) is 31.5 Å². The predicted octanol–water partition coefficient (Wildman–Crippen LogP) is 4.96. The van der Waals surface area contributed by atoms with E-state index in [9.17, 15) is 32.3 Å². The summed E-state index contributed by atoms with van der Waals surface area (Å²) in [7, 11) is 0. The number of hydrogen-bond acceptors (Lipinski definition) is 6. The lowest BCUT2D eigenvalue weighted by atomic mass is 9.70. The number of likely N-dealkylation sites (tertiary alicyclic amines) is 1. The molecule has 2 aromatic rings. The van der Waals surface area contributed by atoms with Crippen molar-refractivity contribution in [3.05, 3.63) is 55.6 Å². The quantitative estimate of drug-likeness (QED) is 0.424. The van der Waals surface area contributed by atoms with E-state index >= 15 is 0 Å². The van der Waals surface area contributed by atoms with Crippen molar-refractivity contribution in [2.45, 2.75) is 84.7 Å². The summed E-state index contributed by atoms with van der Waals surface area (Å²) in [6.07, 6.45) is 5.26. The molecule has 8 nitrogen and oxygen atoms in total. The summed E-state index contributed by atoms with van der Waals surface area (Å²) in [5.74, 6) is -0.739. The molecule has 1 atom stereocenters. The summed E-state index contributed by atoms with van der Waals surface area (Å²) >= 11 is 0.898. The summed E-state index contributed by atoms with van der Waals surface area (Å²) in [4.78, 5) is 54.4. The van der Waals surface area contributed by atoms with Crippen LogP contribution in [0, 0.1) is 17.8 Å². The maximum atomic E-state index is 13.9. The fraction of sp³-hybridized carbons (Fsp3) is 0.586. The summed E-state index contributed by atoms with van der Waals surface area (Å²) in [6, 6.07) is 0. The van der Waals surface area contributed by atoms with Crippen molar-refractivity contribution in [3.8, 4) is 0 Å². The van der Waals surface area contributed by atoms with Crippen molar-refractivity contribution in [1.29, 1.82) is 0 Å². The lowest BCUT2D eigenvalue weighted by molar-refractivity contribution is -0.148. The molecule has 0 N–H and O–H groups in total. The van der Waals surface area contributed by atoms with Crippen molar-refractivity contribution in [3.63, 3.8) is 0 Å². The van der Waals surface area contributed by atoms with E-state index < -0.39 is 30.4 Å². The number of piperidine rings is 1. The highest BCUT2D eigenvalue weighted by Crippen LogP contribution is 2.62. The third-order valence-electron chi connectivity index (χ3n) is 8.95. The number of rotatable bonds is 7. The number of halogens is 3. The molecule has 222 valence electrons. The number of esters is 1. The van der Waals surface area contributed by atoms with Gasteiger partial charge in [0.05, 0.1) is 16.7 Å².